The lowest BCUT2D eigenvalue weighted by Crippen LogP contribution is -2.46. The van der Waals surface area contributed by atoms with Gasteiger partial charge in [0.25, 0.3) is 0 Å². The summed E-state index contributed by atoms with van der Waals surface area (Å²) in [5, 5.41) is 7.99. The zero-order chi connectivity index (χ0) is 11.0. The Morgan fingerprint density at radius 2 is 2.00 bits per heavy atom. The first-order valence-corrected chi connectivity index (χ1v) is 4.83. The molecule has 0 spiro atoms. The van der Waals surface area contributed by atoms with Crippen molar-refractivity contribution < 1.29 is 9.59 Å². The van der Waals surface area contributed by atoms with Gasteiger partial charge in [0, 0.05) is 7.05 Å². The molecule has 0 radical (unpaired) electrons. The molecule has 0 bridgehead atoms. The van der Waals surface area contributed by atoms with Gasteiger partial charge in [-0.25, -0.2) is 0 Å². The van der Waals surface area contributed by atoms with Gasteiger partial charge in [-0.2, -0.15) is 0 Å². The van der Waals surface area contributed by atoms with Crippen LogP contribution in [0.4, 0.5) is 0 Å². The first kappa shape index (κ1) is 12.9. The highest BCUT2D eigenvalue weighted by molar-refractivity contribution is 5.87. The van der Waals surface area contributed by atoms with E-state index >= 15 is 0 Å². The standard InChI is InChI=1S/C9H19N3O2/c1-4-5-11-6-8(13)12-7(2)9(14)10-3/h7,11H,4-6H2,1-3H3,(H,10,14)(H,12,13). The van der Waals surface area contributed by atoms with Crippen LogP contribution in [-0.4, -0.2) is 38.0 Å². The Labute approximate surface area is 84.6 Å². The molecule has 0 aliphatic rings. The van der Waals surface area contributed by atoms with Gasteiger partial charge in [0.05, 0.1) is 6.54 Å². The van der Waals surface area contributed by atoms with Crippen molar-refractivity contribution in [3.8, 4) is 0 Å². The average molecular weight is 201 g/mol. The van der Waals surface area contributed by atoms with Crippen molar-refractivity contribution in [3.05, 3.63) is 0 Å². The summed E-state index contributed by atoms with van der Waals surface area (Å²) in [5.74, 6) is -0.344. The van der Waals surface area contributed by atoms with Crippen molar-refractivity contribution in [3.63, 3.8) is 0 Å². The van der Waals surface area contributed by atoms with E-state index in [1.165, 1.54) is 0 Å². The number of likely N-dealkylation sites (N-methyl/N-ethyl adjacent to an activating group) is 1. The van der Waals surface area contributed by atoms with Gasteiger partial charge in [-0.1, -0.05) is 6.92 Å². The third kappa shape index (κ3) is 5.53. The Balaban J connectivity index is 3.65. The van der Waals surface area contributed by atoms with E-state index in [0.29, 0.717) is 0 Å². The SMILES string of the molecule is CCCNCC(=O)NC(C)C(=O)NC. The molecule has 14 heavy (non-hydrogen) atoms. The lowest BCUT2D eigenvalue weighted by Gasteiger charge is -2.12. The summed E-state index contributed by atoms with van der Waals surface area (Å²) in [6.45, 7) is 4.74. The Morgan fingerprint density at radius 3 is 2.50 bits per heavy atom. The van der Waals surface area contributed by atoms with Crippen molar-refractivity contribution in [1.29, 1.82) is 0 Å². The number of amides is 2. The fourth-order valence-electron chi connectivity index (χ4n) is 0.953. The molecule has 0 aliphatic heterocycles. The largest absolute Gasteiger partial charge is 0.357 e. The fraction of sp³-hybridized carbons (Fsp3) is 0.778. The summed E-state index contributed by atoms with van der Waals surface area (Å²) >= 11 is 0. The molecule has 1 unspecified atom stereocenters. The predicted octanol–water partition coefficient (Wildman–Crippen LogP) is -0.763. The van der Waals surface area contributed by atoms with E-state index in [-0.39, 0.29) is 18.4 Å². The molecule has 0 aromatic heterocycles. The van der Waals surface area contributed by atoms with Crippen LogP contribution in [0.15, 0.2) is 0 Å². The van der Waals surface area contributed by atoms with Crippen LogP contribution in [0.25, 0.3) is 0 Å². The number of hydrogen-bond acceptors (Lipinski definition) is 3. The van der Waals surface area contributed by atoms with Gasteiger partial charge >= 0.3 is 0 Å². The lowest BCUT2D eigenvalue weighted by atomic mass is 10.3. The monoisotopic (exact) mass is 201 g/mol. The smallest absolute Gasteiger partial charge is 0.242 e. The maximum Gasteiger partial charge on any atom is 0.242 e. The van der Waals surface area contributed by atoms with Gasteiger partial charge in [0.15, 0.2) is 0 Å². The topological polar surface area (TPSA) is 70.2 Å². The lowest BCUT2D eigenvalue weighted by molar-refractivity contribution is -0.127. The van der Waals surface area contributed by atoms with Crippen molar-refractivity contribution in [2.24, 2.45) is 0 Å². The van der Waals surface area contributed by atoms with Gasteiger partial charge < -0.3 is 16.0 Å². The highest BCUT2D eigenvalue weighted by Gasteiger charge is 2.12. The van der Waals surface area contributed by atoms with Crippen LogP contribution < -0.4 is 16.0 Å². The molecule has 0 heterocycles. The Kier molecular flexibility index (Phi) is 6.74. The van der Waals surface area contributed by atoms with Crippen molar-refractivity contribution >= 4 is 11.8 Å². The third-order valence-electron chi connectivity index (χ3n) is 1.73. The van der Waals surface area contributed by atoms with Crippen molar-refractivity contribution in [2.75, 3.05) is 20.1 Å². The van der Waals surface area contributed by atoms with Gasteiger partial charge in [-0.05, 0) is 19.9 Å². The van der Waals surface area contributed by atoms with E-state index in [9.17, 15) is 9.59 Å². The van der Waals surface area contributed by atoms with Gasteiger partial charge in [0.2, 0.25) is 11.8 Å². The molecule has 0 aliphatic carbocycles. The van der Waals surface area contributed by atoms with E-state index in [1.54, 1.807) is 14.0 Å². The highest BCUT2D eigenvalue weighted by atomic mass is 16.2. The molecule has 2 amide bonds. The second-order valence-corrected chi connectivity index (χ2v) is 3.08. The first-order chi connectivity index (χ1) is 6.61. The molecule has 5 nitrogen and oxygen atoms in total. The molecule has 0 aromatic carbocycles. The normalized spacial score (nSPS) is 11.9. The third-order valence-corrected chi connectivity index (χ3v) is 1.73. The number of nitrogens with one attached hydrogen (secondary N) is 3. The van der Waals surface area contributed by atoms with E-state index < -0.39 is 6.04 Å². The second-order valence-electron chi connectivity index (χ2n) is 3.08. The van der Waals surface area contributed by atoms with Gasteiger partial charge in [-0.15, -0.1) is 0 Å². The minimum atomic E-state index is -0.476. The van der Waals surface area contributed by atoms with Gasteiger partial charge in [-0.3, -0.25) is 9.59 Å². The molecule has 0 saturated carbocycles. The second kappa shape index (κ2) is 7.32. The average Bonchev–Trinajstić information content (AvgIpc) is 2.16. The Hall–Kier alpha value is -1.10. The predicted molar refractivity (Wildman–Crippen MR) is 54.8 cm³/mol. The van der Waals surface area contributed by atoms with E-state index in [1.807, 2.05) is 6.92 Å². The van der Waals surface area contributed by atoms with Crippen LogP contribution in [0, 0.1) is 0 Å². The van der Waals surface area contributed by atoms with Crippen molar-refractivity contribution in [2.45, 2.75) is 26.3 Å². The van der Waals surface area contributed by atoms with E-state index in [4.69, 9.17) is 0 Å². The summed E-state index contributed by atoms with van der Waals surface area (Å²) in [7, 11) is 1.54. The maximum absolute atomic E-state index is 11.2. The van der Waals surface area contributed by atoms with Crippen LogP contribution in [-0.2, 0) is 9.59 Å². The molecule has 0 saturated heterocycles. The summed E-state index contributed by atoms with van der Waals surface area (Å²) in [6.07, 6.45) is 0.984. The molecule has 0 rings (SSSR count). The molecular weight excluding hydrogens is 182 g/mol. The number of rotatable bonds is 6. The number of hydrogen-bond donors (Lipinski definition) is 3. The summed E-state index contributed by atoms with van der Waals surface area (Å²) < 4.78 is 0. The first-order valence-electron chi connectivity index (χ1n) is 4.83. The van der Waals surface area contributed by atoms with Crippen molar-refractivity contribution in [1.82, 2.24) is 16.0 Å². The molecule has 0 aromatic rings. The molecule has 5 heteroatoms. The van der Waals surface area contributed by atoms with Crippen LogP contribution in [0.2, 0.25) is 0 Å². The fourth-order valence-corrected chi connectivity index (χ4v) is 0.953. The summed E-state index contributed by atoms with van der Waals surface area (Å²) in [4.78, 5) is 22.2. The minimum absolute atomic E-state index is 0.158. The maximum atomic E-state index is 11.2. The van der Waals surface area contributed by atoms with E-state index in [0.717, 1.165) is 13.0 Å². The highest BCUT2D eigenvalue weighted by Crippen LogP contribution is 1.80. The molecule has 1 atom stereocenters. The zero-order valence-corrected chi connectivity index (χ0v) is 9.02. The van der Waals surface area contributed by atoms with E-state index in [2.05, 4.69) is 16.0 Å². The molecular formula is C9H19N3O2. The number of carbonyl (C=O) groups excluding carboxylic acids is 2. The quantitative estimate of drug-likeness (QED) is 0.495. The summed E-state index contributed by atoms with van der Waals surface area (Å²) in [5.41, 5.74) is 0. The van der Waals surface area contributed by atoms with Crippen LogP contribution >= 0.6 is 0 Å². The minimum Gasteiger partial charge on any atom is -0.357 e. The summed E-state index contributed by atoms with van der Waals surface area (Å²) in [6, 6.07) is -0.476. The van der Waals surface area contributed by atoms with Crippen LogP contribution in [0.1, 0.15) is 20.3 Å². The molecule has 0 fully saturated rings. The van der Waals surface area contributed by atoms with Crippen LogP contribution in [0.3, 0.4) is 0 Å². The van der Waals surface area contributed by atoms with Gasteiger partial charge in [0.1, 0.15) is 6.04 Å². The molecule has 82 valence electrons. The van der Waals surface area contributed by atoms with Crippen LogP contribution in [0.5, 0.6) is 0 Å². The Morgan fingerprint density at radius 1 is 1.36 bits per heavy atom. The molecule has 3 N–H and O–H groups in total. The number of carbonyl (C=O) groups is 2. The zero-order valence-electron chi connectivity index (χ0n) is 9.02. The Bertz CT molecular complexity index is 194.